The van der Waals surface area contributed by atoms with Crippen LogP contribution in [0.5, 0.6) is 11.5 Å². The second-order valence-electron chi connectivity index (χ2n) is 3.43. The quantitative estimate of drug-likeness (QED) is 0.813. The minimum Gasteiger partial charge on any atom is -0.497 e. The van der Waals surface area contributed by atoms with E-state index in [9.17, 15) is 4.39 Å². The largest absolute Gasteiger partial charge is 0.497 e. The van der Waals surface area contributed by atoms with Crippen molar-refractivity contribution in [3.63, 3.8) is 0 Å². The Balaban J connectivity index is 2.04. The minimum absolute atomic E-state index is 0.168. The van der Waals surface area contributed by atoms with E-state index in [1.54, 1.807) is 36.7 Å². The first-order chi connectivity index (χ1) is 8.29. The van der Waals surface area contributed by atoms with Gasteiger partial charge in [0.25, 0.3) is 0 Å². The average Bonchev–Trinajstić information content (AvgIpc) is 2.38. The zero-order chi connectivity index (χ0) is 12.1. The van der Waals surface area contributed by atoms with Crippen LogP contribution in [-0.2, 0) is 6.61 Å². The summed E-state index contributed by atoms with van der Waals surface area (Å²) in [5, 5.41) is 0. The molecule has 0 atom stereocenters. The van der Waals surface area contributed by atoms with Crippen LogP contribution >= 0.6 is 0 Å². The Morgan fingerprint density at radius 3 is 2.76 bits per heavy atom. The molecule has 0 unspecified atom stereocenters. The third kappa shape index (κ3) is 2.93. The summed E-state index contributed by atoms with van der Waals surface area (Å²) in [7, 11) is 1.50. The molecule has 17 heavy (non-hydrogen) atoms. The van der Waals surface area contributed by atoms with Crippen molar-refractivity contribution in [2.75, 3.05) is 7.11 Å². The number of ether oxygens (including phenoxy) is 2. The van der Waals surface area contributed by atoms with Crippen molar-refractivity contribution >= 4 is 0 Å². The Labute approximate surface area is 98.8 Å². The molecule has 0 radical (unpaired) electrons. The van der Waals surface area contributed by atoms with Gasteiger partial charge in [-0.1, -0.05) is 0 Å². The standard InChI is InChI=1S/C13H12FNO2/c1-16-11-5-4-10(13(14)7-11)9-17-12-3-2-6-15-8-12/h2-8H,9H2,1H3. The highest BCUT2D eigenvalue weighted by molar-refractivity contribution is 5.29. The van der Waals surface area contributed by atoms with E-state index < -0.39 is 0 Å². The van der Waals surface area contributed by atoms with Crippen LogP contribution in [0.1, 0.15) is 5.56 Å². The highest BCUT2D eigenvalue weighted by atomic mass is 19.1. The van der Waals surface area contributed by atoms with E-state index in [0.717, 1.165) is 0 Å². The molecular weight excluding hydrogens is 221 g/mol. The summed E-state index contributed by atoms with van der Waals surface area (Å²) in [4.78, 5) is 3.91. The predicted molar refractivity (Wildman–Crippen MR) is 61.5 cm³/mol. The first-order valence-corrected chi connectivity index (χ1v) is 5.15. The van der Waals surface area contributed by atoms with E-state index in [0.29, 0.717) is 17.1 Å². The van der Waals surface area contributed by atoms with Gasteiger partial charge < -0.3 is 9.47 Å². The summed E-state index contributed by atoms with van der Waals surface area (Å²) < 4.78 is 23.9. The molecule has 0 N–H and O–H groups in total. The predicted octanol–water partition coefficient (Wildman–Crippen LogP) is 2.81. The van der Waals surface area contributed by atoms with Crippen LogP contribution in [0.3, 0.4) is 0 Å². The van der Waals surface area contributed by atoms with Crippen molar-refractivity contribution in [3.05, 3.63) is 54.1 Å². The second-order valence-corrected chi connectivity index (χ2v) is 3.43. The Hall–Kier alpha value is -2.10. The van der Waals surface area contributed by atoms with Gasteiger partial charge in [0.1, 0.15) is 23.9 Å². The molecule has 88 valence electrons. The van der Waals surface area contributed by atoms with Crippen LogP contribution in [0.25, 0.3) is 0 Å². The van der Waals surface area contributed by atoms with Crippen LogP contribution < -0.4 is 9.47 Å². The molecule has 0 aliphatic carbocycles. The molecule has 1 aromatic carbocycles. The van der Waals surface area contributed by atoms with Crippen molar-refractivity contribution in [1.82, 2.24) is 4.98 Å². The van der Waals surface area contributed by atoms with E-state index >= 15 is 0 Å². The summed E-state index contributed by atoms with van der Waals surface area (Å²) in [6.45, 7) is 0.168. The van der Waals surface area contributed by atoms with Crippen molar-refractivity contribution < 1.29 is 13.9 Å². The zero-order valence-corrected chi connectivity index (χ0v) is 9.39. The van der Waals surface area contributed by atoms with E-state index in [-0.39, 0.29) is 12.4 Å². The lowest BCUT2D eigenvalue weighted by Gasteiger charge is -2.07. The summed E-state index contributed by atoms with van der Waals surface area (Å²) in [5.74, 6) is 0.767. The SMILES string of the molecule is COc1ccc(COc2cccnc2)c(F)c1. The Morgan fingerprint density at radius 1 is 1.24 bits per heavy atom. The fourth-order valence-electron chi connectivity index (χ4n) is 1.37. The third-order valence-corrected chi connectivity index (χ3v) is 2.29. The molecule has 4 heteroatoms. The number of aromatic nitrogens is 1. The summed E-state index contributed by atoms with van der Waals surface area (Å²) in [6, 6.07) is 8.21. The summed E-state index contributed by atoms with van der Waals surface area (Å²) in [6.07, 6.45) is 3.24. The fraction of sp³-hybridized carbons (Fsp3) is 0.154. The zero-order valence-electron chi connectivity index (χ0n) is 9.39. The first kappa shape index (κ1) is 11.4. The minimum atomic E-state index is -0.340. The third-order valence-electron chi connectivity index (χ3n) is 2.29. The Bertz CT molecular complexity index is 488. The van der Waals surface area contributed by atoms with Gasteiger partial charge in [0, 0.05) is 17.8 Å². The topological polar surface area (TPSA) is 31.4 Å². The van der Waals surface area contributed by atoms with Gasteiger partial charge in [0.05, 0.1) is 13.3 Å². The molecule has 2 aromatic rings. The molecule has 1 heterocycles. The van der Waals surface area contributed by atoms with Gasteiger partial charge in [-0.05, 0) is 24.3 Å². The Morgan fingerprint density at radius 2 is 2.12 bits per heavy atom. The number of methoxy groups -OCH3 is 1. The fourth-order valence-corrected chi connectivity index (χ4v) is 1.37. The van der Waals surface area contributed by atoms with Crippen LogP contribution in [-0.4, -0.2) is 12.1 Å². The maximum absolute atomic E-state index is 13.6. The monoisotopic (exact) mass is 233 g/mol. The van der Waals surface area contributed by atoms with E-state index in [2.05, 4.69) is 4.98 Å². The van der Waals surface area contributed by atoms with E-state index in [1.165, 1.54) is 13.2 Å². The highest BCUT2D eigenvalue weighted by Crippen LogP contribution is 2.18. The van der Waals surface area contributed by atoms with Gasteiger partial charge in [0.15, 0.2) is 0 Å². The molecule has 1 aromatic heterocycles. The van der Waals surface area contributed by atoms with Gasteiger partial charge in [-0.3, -0.25) is 4.98 Å². The normalized spacial score (nSPS) is 10.0. The average molecular weight is 233 g/mol. The lowest BCUT2D eigenvalue weighted by atomic mass is 10.2. The molecule has 0 saturated carbocycles. The number of halogens is 1. The number of rotatable bonds is 4. The van der Waals surface area contributed by atoms with Crippen LogP contribution in [0.15, 0.2) is 42.7 Å². The van der Waals surface area contributed by atoms with Gasteiger partial charge in [0.2, 0.25) is 0 Å². The molecule has 0 amide bonds. The lowest BCUT2D eigenvalue weighted by Crippen LogP contribution is -1.99. The number of hydrogen-bond donors (Lipinski definition) is 0. The number of nitrogens with zero attached hydrogens (tertiary/aromatic N) is 1. The first-order valence-electron chi connectivity index (χ1n) is 5.15. The van der Waals surface area contributed by atoms with Crippen molar-refractivity contribution in [2.45, 2.75) is 6.61 Å². The van der Waals surface area contributed by atoms with Gasteiger partial charge in [-0.2, -0.15) is 0 Å². The van der Waals surface area contributed by atoms with Gasteiger partial charge in [-0.25, -0.2) is 4.39 Å². The van der Waals surface area contributed by atoms with Crippen molar-refractivity contribution in [3.8, 4) is 11.5 Å². The van der Waals surface area contributed by atoms with Crippen molar-refractivity contribution in [1.29, 1.82) is 0 Å². The smallest absolute Gasteiger partial charge is 0.138 e. The summed E-state index contributed by atoms with van der Waals surface area (Å²) in [5.41, 5.74) is 0.481. The molecule has 3 nitrogen and oxygen atoms in total. The van der Waals surface area contributed by atoms with Crippen LogP contribution in [0.2, 0.25) is 0 Å². The molecule has 0 bridgehead atoms. The Kier molecular flexibility index (Phi) is 3.55. The maximum atomic E-state index is 13.6. The number of hydrogen-bond acceptors (Lipinski definition) is 3. The van der Waals surface area contributed by atoms with Crippen LogP contribution in [0, 0.1) is 5.82 Å². The molecule has 0 aliphatic rings. The molecule has 0 fully saturated rings. The lowest BCUT2D eigenvalue weighted by molar-refractivity contribution is 0.298. The molecule has 2 rings (SSSR count). The molecule has 0 aliphatic heterocycles. The summed E-state index contributed by atoms with van der Waals surface area (Å²) >= 11 is 0. The molecule has 0 saturated heterocycles. The second kappa shape index (κ2) is 5.30. The molecular formula is C13H12FNO2. The van der Waals surface area contributed by atoms with Crippen LogP contribution in [0.4, 0.5) is 4.39 Å². The molecule has 0 spiro atoms. The van der Waals surface area contributed by atoms with E-state index in [4.69, 9.17) is 9.47 Å². The van der Waals surface area contributed by atoms with Crippen molar-refractivity contribution in [2.24, 2.45) is 0 Å². The maximum Gasteiger partial charge on any atom is 0.138 e. The van der Waals surface area contributed by atoms with E-state index in [1.807, 2.05) is 0 Å². The number of pyridine rings is 1. The highest BCUT2D eigenvalue weighted by Gasteiger charge is 2.04. The number of benzene rings is 1. The van der Waals surface area contributed by atoms with Gasteiger partial charge in [-0.15, -0.1) is 0 Å². The van der Waals surface area contributed by atoms with Gasteiger partial charge >= 0.3 is 0 Å².